The fourth-order valence-corrected chi connectivity index (χ4v) is 2.77. The molecule has 0 unspecified atom stereocenters. The number of benzene rings is 1. The summed E-state index contributed by atoms with van der Waals surface area (Å²) >= 11 is 0. The Kier molecular flexibility index (Phi) is 3.55. The highest BCUT2D eigenvalue weighted by Crippen LogP contribution is 2.25. The first kappa shape index (κ1) is 14.0. The van der Waals surface area contributed by atoms with E-state index in [0.717, 1.165) is 43.2 Å². The number of nitrogens with one attached hydrogen (secondary N) is 2. The van der Waals surface area contributed by atoms with Gasteiger partial charge in [-0.15, -0.1) is 0 Å². The lowest BCUT2D eigenvalue weighted by atomic mass is 10.3. The number of aromatic nitrogens is 4. The van der Waals surface area contributed by atoms with Crippen LogP contribution >= 0.6 is 0 Å². The number of hydrogen-bond donors (Lipinski definition) is 2. The van der Waals surface area contributed by atoms with Gasteiger partial charge in [0.25, 0.3) is 0 Å². The Balaban J connectivity index is 1.70. The van der Waals surface area contributed by atoms with Gasteiger partial charge >= 0.3 is 0 Å². The molecular weight excluding hydrogens is 290 g/mol. The second kappa shape index (κ2) is 5.85. The number of imidazole rings is 1. The van der Waals surface area contributed by atoms with Crippen molar-refractivity contribution in [2.24, 2.45) is 0 Å². The molecule has 1 aromatic carbocycles. The van der Waals surface area contributed by atoms with Gasteiger partial charge in [-0.25, -0.2) is 4.98 Å². The average molecular weight is 309 g/mol. The third-order valence-electron chi connectivity index (χ3n) is 4.10. The van der Waals surface area contributed by atoms with Crippen molar-refractivity contribution in [3.63, 3.8) is 0 Å². The zero-order valence-electron chi connectivity index (χ0n) is 13.0. The Labute approximate surface area is 134 Å². The normalized spacial score (nSPS) is 16.0. The summed E-state index contributed by atoms with van der Waals surface area (Å²) in [5.74, 6) is 1.49. The van der Waals surface area contributed by atoms with Crippen LogP contribution in [0.1, 0.15) is 0 Å². The van der Waals surface area contributed by atoms with E-state index < -0.39 is 0 Å². The molecule has 3 aromatic rings. The zero-order valence-corrected chi connectivity index (χ0v) is 13.0. The molecule has 23 heavy (non-hydrogen) atoms. The average Bonchev–Trinajstić information content (AvgIpc) is 3.04. The standard InChI is InChI=1S/C16H19N7/c1-22-7-9-23(10-8-22)15-13-14(18-11-17-13)20-16(21-15)19-12-5-3-2-4-6-12/h2-6,11H,7-10H2,1H3,(H2,17,18,19,20,21). The van der Waals surface area contributed by atoms with E-state index in [0.29, 0.717) is 11.6 Å². The Morgan fingerprint density at radius 3 is 2.61 bits per heavy atom. The number of rotatable bonds is 3. The molecule has 1 fully saturated rings. The molecule has 0 spiro atoms. The highest BCUT2D eigenvalue weighted by atomic mass is 15.3. The van der Waals surface area contributed by atoms with E-state index in [1.165, 1.54) is 0 Å². The Hall–Kier alpha value is -2.67. The number of aromatic amines is 1. The van der Waals surface area contributed by atoms with Gasteiger partial charge < -0.3 is 20.1 Å². The lowest BCUT2D eigenvalue weighted by Crippen LogP contribution is -2.45. The van der Waals surface area contributed by atoms with Crippen LogP contribution in [0.5, 0.6) is 0 Å². The minimum Gasteiger partial charge on any atom is -0.352 e. The van der Waals surface area contributed by atoms with Gasteiger partial charge in [-0.2, -0.15) is 9.97 Å². The van der Waals surface area contributed by atoms with E-state index in [1.807, 2.05) is 30.3 Å². The number of anilines is 3. The van der Waals surface area contributed by atoms with Crippen LogP contribution < -0.4 is 10.2 Å². The van der Waals surface area contributed by atoms with Gasteiger partial charge in [0.15, 0.2) is 11.5 Å². The van der Waals surface area contributed by atoms with Crippen molar-refractivity contribution in [3.05, 3.63) is 36.7 Å². The predicted octanol–water partition coefficient (Wildman–Crippen LogP) is 1.85. The number of likely N-dealkylation sites (N-methyl/N-ethyl adjacent to an activating group) is 1. The molecule has 1 aliphatic rings. The summed E-state index contributed by atoms with van der Waals surface area (Å²) in [6.07, 6.45) is 1.67. The molecule has 4 rings (SSSR count). The smallest absolute Gasteiger partial charge is 0.231 e. The lowest BCUT2D eigenvalue weighted by Gasteiger charge is -2.33. The van der Waals surface area contributed by atoms with E-state index in [2.05, 4.69) is 37.1 Å². The second-order valence-corrected chi connectivity index (χ2v) is 5.75. The van der Waals surface area contributed by atoms with Gasteiger partial charge in [-0.1, -0.05) is 18.2 Å². The second-order valence-electron chi connectivity index (χ2n) is 5.75. The van der Waals surface area contributed by atoms with Crippen LogP contribution in [0.4, 0.5) is 17.5 Å². The summed E-state index contributed by atoms with van der Waals surface area (Å²) in [5, 5.41) is 3.26. The highest BCUT2D eigenvalue weighted by molar-refractivity contribution is 5.84. The monoisotopic (exact) mass is 309 g/mol. The predicted molar refractivity (Wildman–Crippen MR) is 91.1 cm³/mol. The fraction of sp³-hybridized carbons (Fsp3) is 0.312. The Morgan fingerprint density at radius 2 is 1.83 bits per heavy atom. The van der Waals surface area contributed by atoms with E-state index in [1.54, 1.807) is 6.33 Å². The van der Waals surface area contributed by atoms with Crippen molar-refractivity contribution < 1.29 is 0 Å². The molecule has 3 heterocycles. The molecule has 7 heteroatoms. The number of piperazine rings is 1. The molecule has 0 atom stereocenters. The van der Waals surface area contributed by atoms with Crippen LogP contribution in [-0.4, -0.2) is 58.1 Å². The van der Waals surface area contributed by atoms with Crippen LogP contribution in [0.2, 0.25) is 0 Å². The molecule has 1 aliphatic heterocycles. The minimum atomic E-state index is 0.574. The SMILES string of the molecule is CN1CCN(c2nc(Nc3ccccc3)nc3nc[nH]c23)CC1. The van der Waals surface area contributed by atoms with Gasteiger partial charge in [0, 0.05) is 31.9 Å². The van der Waals surface area contributed by atoms with Crippen LogP contribution in [0, 0.1) is 0 Å². The van der Waals surface area contributed by atoms with Crippen LogP contribution in [0.25, 0.3) is 11.2 Å². The molecule has 0 aliphatic carbocycles. The van der Waals surface area contributed by atoms with E-state index in [9.17, 15) is 0 Å². The molecular formula is C16H19N7. The third-order valence-corrected chi connectivity index (χ3v) is 4.10. The van der Waals surface area contributed by atoms with Gasteiger partial charge in [-0.3, -0.25) is 0 Å². The number of para-hydroxylation sites is 1. The molecule has 7 nitrogen and oxygen atoms in total. The molecule has 2 aromatic heterocycles. The first-order chi connectivity index (χ1) is 11.3. The summed E-state index contributed by atoms with van der Waals surface area (Å²) in [7, 11) is 2.14. The Morgan fingerprint density at radius 1 is 1.04 bits per heavy atom. The number of H-pyrrole nitrogens is 1. The molecule has 1 saturated heterocycles. The quantitative estimate of drug-likeness (QED) is 0.769. The summed E-state index contributed by atoms with van der Waals surface area (Å²) in [4.78, 5) is 21.3. The molecule has 0 amide bonds. The van der Waals surface area contributed by atoms with E-state index in [4.69, 9.17) is 4.98 Å². The lowest BCUT2D eigenvalue weighted by molar-refractivity contribution is 0.312. The summed E-state index contributed by atoms with van der Waals surface area (Å²) in [5.41, 5.74) is 2.55. The zero-order chi connectivity index (χ0) is 15.6. The Bertz CT molecular complexity index is 791. The summed E-state index contributed by atoms with van der Waals surface area (Å²) < 4.78 is 0. The summed E-state index contributed by atoms with van der Waals surface area (Å²) in [6.45, 7) is 3.96. The van der Waals surface area contributed by atoms with Crippen molar-refractivity contribution in [1.82, 2.24) is 24.8 Å². The summed E-state index contributed by atoms with van der Waals surface area (Å²) in [6, 6.07) is 9.94. The van der Waals surface area contributed by atoms with Gasteiger partial charge in [-0.05, 0) is 19.2 Å². The van der Waals surface area contributed by atoms with Gasteiger partial charge in [0.1, 0.15) is 5.52 Å². The number of nitrogens with zero attached hydrogens (tertiary/aromatic N) is 5. The third kappa shape index (κ3) is 2.83. The number of fused-ring (bicyclic) bond motifs is 1. The molecule has 0 bridgehead atoms. The van der Waals surface area contributed by atoms with Crippen LogP contribution in [0.15, 0.2) is 36.7 Å². The van der Waals surface area contributed by atoms with Gasteiger partial charge in [0.05, 0.1) is 6.33 Å². The fourth-order valence-electron chi connectivity index (χ4n) is 2.77. The van der Waals surface area contributed by atoms with Gasteiger partial charge in [0.2, 0.25) is 5.95 Å². The van der Waals surface area contributed by atoms with Crippen molar-refractivity contribution >= 4 is 28.6 Å². The van der Waals surface area contributed by atoms with Crippen LogP contribution in [0.3, 0.4) is 0 Å². The molecule has 0 radical (unpaired) electrons. The maximum atomic E-state index is 4.73. The molecule has 2 N–H and O–H groups in total. The van der Waals surface area contributed by atoms with Crippen molar-refractivity contribution in [1.29, 1.82) is 0 Å². The maximum absolute atomic E-state index is 4.73. The molecule has 118 valence electrons. The van der Waals surface area contributed by atoms with E-state index >= 15 is 0 Å². The highest BCUT2D eigenvalue weighted by Gasteiger charge is 2.20. The minimum absolute atomic E-state index is 0.574. The van der Waals surface area contributed by atoms with Crippen molar-refractivity contribution in [2.45, 2.75) is 0 Å². The molecule has 0 saturated carbocycles. The number of hydrogen-bond acceptors (Lipinski definition) is 6. The first-order valence-corrected chi connectivity index (χ1v) is 7.76. The van der Waals surface area contributed by atoms with E-state index in [-0.39, 0.29) is 0 Å². The van der Waals surface area contributed by atoms with Crippen molar-refractivity contribution in [3.8, 4) is 0 Å². The largest absolute Gasteiger partial charge is 0.352 e. The topological polar surface area (TPSA) is 73.0 Å². The maximum Gasteiger partial charge on any atom is 0.231 e. The van der Waals surface area contributed by atoms with Crippen molar-refractivity contribution in [2.75, 3.05) is 43.4 Å². The first-order valence-electron chi connectivity index (χ1n) is 7.76. The van der Waals surface area contributed by atoms with Crippen LogP contribution in [-0.2, 0) is 0 Å².